The summed E-state index contributed by atoms with van der Waals surface area (Å²) in [4.78, 5) is 49.1. The molecule has 2 amide bonds. The molecule has 3 aliphatic rings. The predicted octanol–water partition coefficient (Wildman–Crippen LogP) is 3.99. The molecule has 4 heterocycles. The zero-order valence-corrected chi connectivity index (χ0v) is 21.7. The number of nitrogens with one attached hydrogen (secondary N) is 1. The molecule has 0 aliphatic carbocycles. The van der Waals surface area contributed by atoms with Gasteiger partial charge in [-0.3, -0.25) is 24.3 Å². The Morgan fingerprint density at radius 3 is 2.29 bits per heavy atom. The average Bonchev–Trinajstić information content (AvgIpc) is 3.49. The van der Waals surface area contributed by atoms with E-state index in [-0.39, 0.29) is 29.3 Å². The van der Waals surface area contributed by atoms with Gasteiger partial charge in [-0.2, -0.15) is 0 Å². The van der Waals surface area contributed by atoms with Crippen LogP contribution < -0.4 is 15.8 Å². The Kier molecular flexibility index (Phi) is 4.68. The summed E-state index contributed by atoms with van der Waals surface area (Å²) in [5, 5.41) is 4.26. The third kappa shape index (κ3) is 2.67. The lowest BCUT2D eigenvalue weighted by atomic mass is 9.75. The van der Waals surface area contributed by atoms with Crippen molar-refractivity contribution in [2.75, 3.05) is 4.90 Å². The van der Waals surface area contributed by atoms with Crippen molar-refractivity contribution >= 4 is 28.4 Å². The number of hydrogen-bond acceptors (Lipinski definition) is 5. The number of aryl methyl sites for hydroxylation is 2. The summed E-state index contributed by atoms with van der Waals surface area (Å²) in [6, 6.07) is 20.5. The Labute approximate surface area is 220 Å². The lowest BCUT2D eigenvalue weighted by molar-refractivity contribution is -0.123. The van der Waals surface area contributed by atoms with E-state index in [1.54, 1.807) is 10.6 Å². The average molecular weight is 505 g/mol. The maximum Gasteiger partial charge on any atom is 0.266 e. The second-order valence-corrected chi connectivity index (χ2v) is 11.1. The molecular weight excluding hydrogens is 476 g/mol. The number of amides is 2. The maximum absolute atomic E-state index is 14.5. The normalized spacial score (nSPS) is 25.5. The number of carbonyl (C=O) groups excluding carboxylic acids is 2. The molecule has 0 bridgehead atoms. The number of nitrogens with zero attached hydrogens (tertiary/aromatic N) is 3. The highest BCUT2D eigenvalue weighted by molar-refractivity contribution is 6.24. The van der Waals surface area contributed by atoms with Crippen LogP contribution in [0.2, 0.25) is 0 Å². The van der Waals surface area contributed by atoms with Crippen LogP contribution in [-0.2, 0) is 15.1 Å². The number of hydrogen-bond donors (Lipinski definition) is 1. The van der Waals surface area contributed by atoms with E-state index in [0.29, 0.717) is 28.1 Å². The van der Waals surface area contributed by atoms with Gasteiger partial charge in [0.15, 0.2) is 0 Å². The van der Waals surface area contributed by atoms with Crippen LogP contribution >= 0.6 is 0 Å². The summed E-state index contributed by atoms with van der Waals surface area (Å²) in [6.07, 6.45) is 0. The molecule has 0 saturated carbocycles. The number of fused-ring (bicyclic) bond motifs is 8. The molecule has 1 aromatic heterocycles. The first-order valence-electron chi connectivity index (χ1n) is 13.1. The molecule has 0 radical (unpaired) electrons. The van der Waals surface area contributed by atoms with Gasteiger partial charge in [-0.1, -0.05) is 62.4 Å². The Balaban J connectivity index is 1.55. The molecule has 4 atom stereocenters. The molecular formula is C31H28N4O3. The fourth-order valence-electron chi connectivity index (χ4n) is 7.10. The number of aromatic nitrogens is 2. The molecule has 2 saturated heterocycles. The second-order valence-electron chi connectivity index (χ2n) is 11.1. The number of anilines is 1. The highest BCUT2D eigenvalue weighted by atomic mass is 16.2. The summed E-state index contributed by atoms with van der Waals surface area (Å²) >= 11 is 0. The SMILES string of the molecule is Cc1cccc(C)c1N1C(=O)[C@@H]2[C@H](C(C)C)N[C@]3(c4ccccc4-n4c3nc3ccccc3c4=O)[C@H]2C1=O. The van der Waals surface area contributed by atoms with Crippen molar-refractivity contribution in [3.63, 3.8) is 0 Å². The van der Waals surface area contributed by atoms with Gasteiger partial charge in [0.2, 0.25) is 11.8 Å². The van der Waals surface area contributed by atoms with Crippen molar-refractivity contribution in [1.29, 1.82) is 0 Å². The minimum atomic E-state index is -1.11. The molecule has 7 heteroatoms. The quantitative estimate of drug-likeness (QED) is 0.418. The fourth-order valence-corrected chi connectivity index (χ4v) is 7.10. The smallest absolute Gasteiger partial charge is 0.266 e. The molecule has 1 N–H and O–H groups in total. The zero-order valence-electron chi connectivity index (χ0n) is 21.7. The molecule has 3 aromatic carbocycles. The molecule has 3 aliphatic heterocycles. The lowest BCUT2D eigenvalue weighted by Gasteiger charge is -2.32. The van der Waals surface area contributed by atoms with Crippen molar-refractivity contribution < 1.29 is 9.59 Å². The van der Waals surface area contributed by atoms with Crippen LogP contribution in [0.5, 0.6) is 0 Å². The van der Waals surface area contributed by atoms with Gasteiger partial charge in [0.05, 0.1) is 34.1 Å². The largest absolute Gasteiger partial charge is 0.296 e. The second kappa shape index (κ2) is 7.71. The number of imide groups is 1. The molecule has 38 heavy (non-hydrogen) atoms. The van der Waals surface area contributed by atoms with Crippen LogP contribution in [0.1, 0.15) is 36.4 Å². The minimum absolute atomic E-state index is 0.0601. The predicted molar refractivity (Wildman–Crippen MR) is 145 cm³/mol. The van der Waals surface area contributed by atoms with Crippen molar-refractivity contribution in [1.82, 2.24) is 14.9 Å². The highest BCUT2D eigenvalue weighted by Gasteiger charge is 2.70. The number of carbonyl (C=O) groups is 2. The molecule has 0 unspecified atom stereocenters. The van der Waals surface area contributed by atoms with E-state index in [1.165, 1.54) is 4.90 Å². The van der Waals surface area contributed by atoms with E-state index in [9.17, 15) is 14.4 Å². The van der Waals surface area contributed by atoms with Crippen LogP contribution in [0, 0.1) is 31.6 Å². The van der Waals surface area contributed by atoms with Gasteiger partial charge in [-0.05, 0) is 49.1 Å². The maximum atomic E-state index is 14.5. The van der Waals surface area contributed by atoms with Crippen LogP contribution in [0.25, 0.3) is 16.6 Å². The van der Waals surface area contributed by atoms with Gasteiger partial charge in [-0.15, -0.1) is 0 Å². The zero-order chi connectivity index (χ0) is 26.5. The monoisotopic (exact) mass is 504 g/mol. The van der Waals surface area contributed by atoms with Gasteiger partial charge >= 0.3 is 0 Å². The fraction of sp³-hybridized carbons (Fsp3) is 0.290. The van der Waals surface area contributed by atoms with E-state index in [4.69, 9.17) is 4.98 Å². The number of para-hydroxylation sites is 3. The summed E-state index contributed by atoms with van der Waals surface area (Å²) in [5.41, 5.74) is 3.21. The van der Waals surface area contributed by atoms with E-state index in [2.05, 4.69) is 19.2 Å². The van der Waals surface area contributed by atoms with Gasteiger partial charge in [0, 0.05) is 11.6 Å². The first-order valence-corrected chi connectivity index (χ1v) is 13.1. The van der Waals surface area contributed by atoms with Crippen molar-refractivity contribution in [3.8, 4) is 5.69 Å². The van der Waals surface area contributed by atoms with E-state index in [0.717, 1.165) is 16.7 Å². The molecule has 1 spiro atoms. The van der Waals surface area contributed by atoms with Crippen molar-refractivity contribution in [2.45, 2.75) is 39.3 Å². The highest BCUT2D eigenvalue weighted by Crippen LogP contribution is 2.56. The van der Waals surface area contributed by atoms with E-state index in [1.807, 2.05) is 74.5 Å². The first kappa shape index (κ1) is 23.0. The first-order chi connectivity index (χ1) is 18.3. The topological polar surface area (TPSA) is 84.3 Å². The van der Waals surface area contributed by atoms with E-state index >= 15 is 0 Å². The molecule has 7 nitrogen and oxygen atoms in total. The standard InChI is InChI=1S/C31H28N4O3/c1-16(2)25-23-24(29(38)35(28(23)37)26-17(3)10-9-11-18(26)4)31(33-25)20-13-6-8-15-22(20)34-27(36)19-12-5-7-14-21(19)32-30(31)34/h5-16,23-25,33H,1-4H3/t23-,24+,25-,31+/m0/s1. The lowest BCUT2D eigenvalue weighted by Crippen LogP contribution is -2.51. The Morgan fingerprint density at radius 1 is 0.868 bits per heavy atom. The molecule has 7 rings (SSSR count). The van der Waals surface area contributed by atoms with Crippen LogP contribution in [-0.4, -0.2) is 27.4 Å². The minimum Gasteiger partial charge on any atom is -0.296 e. The van der Waals surface area contributed by atoms with Crippen LogP contribution in [0.15, 0.2) is 71.5 Å². The third-order valence-electron chi connectivity index (χ3n) is 8.68. The van der Waals surface area contributed by atoms with Gasteiger partial charge < -0.3 is 0 Å². The molecule has 190 valence electrons. The summed E-state index contributed by atoms with van der Waals surface area (Å²) in [5.74, 6) is -1.25. The summed E-state index contributed by atoms with van der Waals surface area (Å²) < 4.78 is 1.64. The summed E-state index contributed by atoms with van der Waals surface area (Å²) in [7, 11) is 0. The molecule has 2 fully saturated rings. The number of benzene rings is 3. The number of rotatable bonds is 2. The Hall–Kier alpha value is -4.10. The Bertz CT molecular complexity index is 1740. The van der Waals surface area contributed by atoms with Crippen molar-refractivity contribution in [2.24, 2.45) is 17.8 Å². The van der Waals surface area contributed by atoms with Crippen LogP contribution in [0.4, 0.5) is 5.69 Å². The van der Waals surface area contributed by atoms with Gasteiger partial charge in [-0.25, -0.2) is 9.88 Å². The van der Waals surface area contributed by atoms with Crippen molar-refractivity contribution in [3.05, 3.63) is 99.6 Å². The Morgan fingerprint density at radius 2 is 1.55 bits per heavy atom. The van der Waals surface area contributed by atoms with Gasteiger partial charge in [0.1, 0.15) is 11.4 Å². The summed E-state index contributed by atoms with van der Waals surface area (Å²) in [6.45, 7) is 7.99. The molecule has 4 aromatic rings. The third-order valence-corrected chi connectivity index (χ3v) is 8.68. The van der Waals surface area contributed by atoms with E-state index < -0.39 is 17.4 Å². The van der Waals surface area contributed by atoms with Crippen LogP contribution in [0.3, 0.4) is 0 Å². The van der Waals surface area contributed by atoms with Gasteiger partial charge in [0.25, 0.3) is 5.56 Å².